The Morgan fingerprint density at radius 2 is 1.87 bits per heavy atom. The second-order valence-corrected chi connectivity index (χ2v) is 4.92. The first kappa shape index (κ1) is 14.8. The Morgan fingerprint density at radius 1 is 1.17 bits per heavy atom. The maximum atomic E-state index is 13.5. The van der Waals surface area contributed by atoms with Gasteiger partial charge in [-0.2, -0.15) is 0 Å². The van der Waals surface area contributed by atoms with E-state index in [4.69, 9.17) is 9.84 Å². The van der Waals surface area contributed by atoms with Crippen LogP contribution in [0.5, 0.6) is 11.5 Å². The zero-order valence-corrected chi connectivity index (χ0v) is 12.2. The first-order chi connectivity index (χ1) is 11.0. The molecule has 0 spiro atoms. The van der Waals surface area contributed by atoms with Crippen molar-refractivity contribution >= 4 is 5.97 Å². The largest absolute Gasteiger partial charge is 0.476 e. The molecular formula is C17H13FN2O3. The highest BCUT2D eigenvalue weighted by Gasteiger charge is 2.14. The highest BCUT2D eigenvalue weighted by atomic mass is 19.1. The van der Waals surface area contributed by atoms with Gasteiger partial charge in [0.2, 0.25) is 0 Å². The van der Waals surface area contributed by atoms with Crippen LogP contribution in [0.2, 0.25) is 0 Å². The molecule has 0 aliphatic carbocycles. The molecule has 3 rings (SSSR count). The number of carboxylic acid groups (broad SMARTS) is 1. The molecule has 0 atom stereocenters. The molecule has 6 heteroatoms. The minimum absolute atomic E-state index is 0.00770. The van der Waals surface area contributed by atoms with E-state index in [1.54, 1.807) is 43.3 Å². The SMILES string of the molecule is Cc1[nH]c(-c2ccc(Oc3ccccc3F)cc2)nc1C(=O)O. The van der Waals surface area contributed by atoms with Crippen LogP contribution in [0.4, 0.5) is 4.39 Å². The molecule has 3 aromatic rings. The molecule has 0 unspecified atom stereocenters. The number of para-hydroxylation sites is 1. The van der Waals surface area contributed by atoms with E-state index < -0.39 is 11.8 Å². The fourth-order valence-corrected chi connectivity index (χ4v) is 2.14. The van der Waals surface area contributed by atoms with Gasteiger partial charge in [0.15, 0.2) is 17.3 Å². The molecule has 2 N–H and O–H groups in total. The van der Waals surface area contributed by atoms with Crippen LogP contribution in [0, 0.1) is 12.7 Å². The first-order valence-corrected chi connectivity index (χ1v) is 6.87. The van der Waals surface area contributed by atoms with Crippen molar-refractivity contribution in [1.29, 1.82) is 0 Å². The summed E-state index contributed by atoms with van der Waals surface area (Å²) in [5.41, 5.74) is 1.19. The third-order valence-corrected chi connectivity index (χ3v) is 3.28. The minimum Gasteiger partial charge on any atom is -0.476 e. The van der Waals surface area contributed by atoms with E-state index in [0.29, 0.717) is 22.8 Å². The number of carboxylic acids is 1. The third kappa shape index (κ3) is 3.06. The van der Waals surface area contributed by atoms with E-state index in [9.17, 15) is 9.18 Å². The number of imidazole rings is 1. The number of aromatic carboxylic acids is 1. The molecule has 5 nitrogen and oxygen atoms in total. The molecule has 0 bridgehead atoms. The summed E-state index contributed by atoms with van der Waals surface area (Å²) >= 11 is 0. The topological polar surface area (TPSA) is 75.2 Å². The lowest BCUT2D eigenvalue weighted by Gasteiger charge is -2.06. The summed E-state index contributed by atoms with van der Waals surface area (Å²) in [4.78, 5) is 18.0. The number of carbonyl (C=O) groups is 1. The number of aryl methyl sites for hydroxylation is 1. The quantitative estimate of drug-likeness (QED) is 0.763. The number of nitrogens with zero attached hydrogens (tertiary/aromatic N) is 1. The lowest BCUT2D eigenvalue weighted by molar-refractivity contribution is 0.0690. The Kier molecular flexibility index (Phi) is 3.80. The van der Waals surface area contributed by atoms with Crippen LogP contribution < -0.4 is 4.74 Å². The number of nitrogens with one attached hydrogen (secondary N) is 1. The van der Waals surface area contributed by atoms with Crippen LogP contribution in [-0.2, 0) is 0 Å². The van der Waals surface area contributed by atoms with Gasteiger partial charge in [-0.15, -0.1) is 0 Å². The summed E-state index contributed by atoms with van der Waals surface area (Å²) in [6, 6.07) is 12.9. The minimum atomic E-state index is -1.08. The predicted molar refractivity (Wildman–Crippen MR) is 82.2 cm³/mol. The van der Waals surface area contributed by atoms with Crippen molar-refractivity contribution in [3.05, 3.63) is 65.7 Å². The highest BCUT2D eigenvalue weighted by molar-refractivity contribution is 5.87. The zero-order valence-electron chi connectivity index (χ0n) is 12.2. The van der Waals surface area contributed by atoms with E-state index >= 15 is 0 Å². The monoisotopic (exact) mass is 312 g/mol. The van der Waals surface area contributed by atoms with Gasteiger partial charge < -0.3 is 14.8 Å². The zero-order chi connectivity index (χ0) is 16.4. The van der Waals surface area contributed by atoms with Crippen molar-refractivity contribution in [1.82, 2.24) is 9.97 Å². The molecule has 2 aromatic carbocycles. The van der Waals surface area contributed by atoms with Crippen molar-refractivity contribution in [2.45, 2.75) is 6.92 Å². The molecule has 0 amide bonds. The number of rotatable bonds is 4. The Balaban J connectivity index is 1.84. The highest BCUT2D eigenvalue weighted by Crippen LogP contribution is 2.26. The fourth-order valence-electron chi connectivity index (χ4n) is 2.14. The van der Waals surface area contributed by atoms with E-state index in [2.05, 4.69) is 9.97 Å². The molecule has 0 aliphatic heterocycles. The Bertz CT molecular complexity index is 857. The van der Waals surface area contributed by atoms with Gasteiger partial charge >= 0.3 is 5.97 Å². The van der Waals surface area contributed by atoms with E-state index in [-0.39, 0.29) is 11.4 Å². The molecule has 0 fully saturated rings. The number of ether oxygens (including phenoxy) is 1. The van der Waals surface area contributed by atoms with Gasteiger partial charge in [-0.25, -0.2) is 14.2 Å². The van der Waals surface area contributed by atoms with Crippen molar-refractivity contribution in [3.8, 4) is 22.9 Å². The van der Waals surface area contributed by atoms with Crippen LogP contribution >= 0.6 is 0 Å². The maximum absolute atomic E-state index is 13.5. The van der Waals surface area contributed by atoms with Crippen LogP contribution in [0.15, 0.2) is 48.5 Å². The predicted octanol–water partition coefficient (Wildman–Crippen LogP) is 4.01. The van der Waals surface area contributed by atoms with Gasteiger partial charge in [0, 0.05) is 11.3 Å². The Labute approximate surface area is 131 Å². The summed E-state index contributed by atoms with van der Waals surface area (Å²) in [7, 11) is 0. The van der Waals surface area contributed by atoms with Gasteiger partial charge in [-0.3, -0.25) is 0 Å². The van der Waals surface area contributed by atoms with Gasteiger partial charge in [0.25, 0.3) is 0 Å². The average Bonchev–Trinajstić information content (AvgIpc) is 2.92. The number of H-pyrrole nitrogens is 1. The van der Waals surface area contributed by atoms with Crippen LogP contribution in [-0.4, -0.2) is 21.0 Å². The molecule has 116 valence electrons. The van der Waals surface area contributed by atoms with Gasteiger partial charge in [-0.05, 0) is 43.3 Å². The molecule has 1 heterocycles. The summed E-state index contributed by atoms with van der Waals surface area (Å²) in [6.45, 7) is 1.65. The molecule has 0 radical (unpaired) electrons. The van der Waals surface area contributed by atoms with E-state index in [0.717, 1.165) is 0 Å². The number of aromatic amines is 1. The summed E-state index contributed by atoms with van der Waals surface area (Å²) in [5.74, 6) is -0.450. The smallest absolute Gasteiger partial charge is 0.356 e. The molecule has 1 aromatic heterocycles. The maximum Gasteiger partial charge on any atom is 0.356 e. The molecular weight excluding hydrogens is 299 g/mol. The van der Waals surface area contributed by atoms with E-state index in [1.165, 1.54) is 12.1 Å². The number of halogens is 1. The number of hydrogen-bond acceptors (Lipinski definition) is 3. The Hall–Kier alpha value is -3.15. The molecule has 0 aliphatic rings. The molecule has 0 saturated heterocycles. The normalized spacial score (nSPS) is 10.5. The van der Waals surface area contributed by atoms with Crippen molar-refractivity contribution < 1.29 is 19.0 Å². The summed E-state index contributed by atoms with van der Waals surface area (Å²) < 4.78 is 19.0. The van der Waals surface area contributed by atoms with Crippen molar-refractivity contribution in [3.63, 3.8) is 0 Å². The van der Waals surface area contributed by atoms with E-state index in [1.807, 2.05) is 0 Å². The lowest BCUT2D eigenvalue weighted by atomic mass is 10.2. The lowest BCUT2D eigenvalue weighted by Crippen LogP contribution is -1.98. The number of benzene rings is 2. The first-order valence-electron chi connectivity index (χ1n) is 6.87. The molecule has 0 saturated carbocycles. The Morgan fingerprint density at radius 3 is 2.48 bits per heavy atom. The van der Waals surface area contributed by atoms with Crippen LogP contribution in [0.3, 0.4) is 0 Å². The van der Waals surface area contributed by atoms with Crippen LogP contribution in [0.1, 0.15) is 16.2 Å². The standard InChI is InChI=1S/C17H13FN2O3/c1-10-15(17(21)22)20-16(19-10)11-6-8-12(9-7-11)23-14-5-3-2-4-13(14)18/h2-9H,1H3,(H,19,20)(H,21,22). The van der Waals surface area contributed by atoms with Crippen LogP contribution in [0.25, 0.3) is 11.4 Å². The number of hydrogen-bond donors (Lipinski definition) is 2. The van der Waals surface area contributed by atoms with Gasteiger partial charge in [0.05, 0.1) is 0 Å². The van der Waals surface area contributed by atoms with Gasteiger partial charge in [0.1, 0.15) is 11.6 Å². The second-order valence-electron chi connectivity index (χ2n) is 4.92. The summed E-state index contributed by atoms with van der Waals surface area (Å²) in [5, 5.41) is 9.02. The van der Waals surface area contributed by atoms with Crippen molar-refractivity contribution in [2.24, 2.45) is 0 Å². The second kappa shape index (κ2) is 5.92. The third-order valence-electron chi connectivity index (χ3n) is 3.28. The van der Waals surface area contributed by atoms with Crippen molar-refractivity contribution in [2.75, 3.05) is 0 Å². The average molecular weight is 312 g/mol. The summed E-state index contributed by atoms with van der Waals surface area (Å²) in [6.07, 6.45) is 0. The van der Waals surface area contributed by atoms with Gasteiger partial charge in [-0.1, -0.05) is 12.1 Å². The number of aromatic nitrogens is 2. The molecule has 23 heavy (non-hydrogen) atoms. The fraction of sp³-hybridized carbons (Fsp3) is 0.0588.